The maximum Gasteiger partial charge on any atom is 0.00458 e. The SMILES string of the molecule is SCC1(CN2CCC3(CCCC3)CC2)CCC1. The molecule has 1 heterocycles. The topological polar surface area (TPSA) is 3.24 Å². The molecule has 0 aromatic carbocycles. The molecule has 17 heavy (non-hydrogen) atoms. The molecule has 1 nitrogen and oxygen atoms in total. The number of hydrogen-bond donors (Lipinski definition) is 1. The zero-order valence-corrected chi connectivity index (χ0v) is 12.0. The molecule has 2 saturated carbocycles. The monoisotopic (exact) mass is 253 g/mol. The second kappa shape index (κ2) is 4.77. The van der Waals surface area contributed by atoms with Crippen molar-refractivity contribution in [3.8, 4) is 0 Å². The summed E-state index contributed by atoms with van der Waals surface area (Å²) >= 11 is 4.59. The summed E-state index contributed by atoms with van der Waals surface area (Å²) in [6, 6.07) is 0. The lowest BCUT2D eigenvalue weighted by molar-refractivity contribution is 0.0424. The lowest BCUT2D eigenvalue weighted by atomic mass is 9.69. The van der Waals surface area contributed by atoms with Gasteiger partial charge in [-0.15, -0.1) is 0 Å². The van der Waals surface area contributed by atoms with E-state index in [1.165, 1.54) is 77.4 Å². The van der Waals surface area contributed by atoms with E-state index in [1.54, 1.807) is 0 Å². The third-order valence-corrected chi connectivity index (χ3v) is 6.56. The molecule has 1 aliphatic heterocycles. The van der Waals surface area contributed by atoms with Crippen molar-refractivity contribution in [1.82, 2.24) is 4.90 Å². The summed E-state index contributed by atoms with van der Waals surface area (Å²) < 4.78 is 0. The first kappa shape index (κ1) is 12.3. The lowest BCUT2D eigenvalue weighted by Gasteiger charge is -2.47. The Morgan fingerprint density at radius 1 is 0.824 bits per heavy atom. The van der Waals surface area contributed by atoms with Gasteiger partial charge in [0.2, 0.25) is 0 Å². The molecule has 0 atom stereocenters. The Morgan fingerprint density at radius 2 is 1.47 bits per heavy atom. The van der Waals surface area contributed by atoms with Crippen molar-refractivity contribution in [2.24, 2.45) is 10.8 Å². The second-order valence-corrected chi connectivity index (χ2v) is 7.31. The number of rotatable bonds is 3. The maximum atomic E-state index is 4.59. The van der Waals surface area contributed by atoms with Gasteiger partial charge in [0, 0.05) is 6.54 Å². The van der Waals surface area contributed by atoms with Crippen molar-refractivity contribution in [2.45, 2.75) is 57.8 Å². The van der Waals surface area contributed by atoms with Crippen LogP contribution < -0.4 is 0 Å². The molecule has 3 fully saturated rings. The molecule has 1 spiro atoms. The third kappa shape index (κ3) is 2.40. The average Bonchev–Trinajstić information content (AvgIpc) is 2.75. The van der Waals surface area contributed by atoms with Crippen LogP contribution in [0.25, 0.3) is 0 Å². The minimum atomic E-state index is 0.600. The number of nitrogens with zero attached hydrogens (tertiary/aromatic N) is 1. The van der Waals surface area contributed by atoms with Gasteiger partial charge in [-0.3, -0.25) is 0 Å². The van der Waals surface area contributed by atoms with Crippen LogP contribution in [0.2, 0.25) is 0 Å². The first-order valence-electron chi connectivity index (χ1n) is 7.59. The second-order valence-electron chi connectivity index (χ2n) is 6.99. The summed E-state index contributed by atoms with van der Waals surface area (Å²) in [5.41, 5.74) is 1.38. The van der Waals surface area contributed by atoms with Gasteiger partial charge in [0.15, 0.2) is 0 Å². The molecule has 0 N–H and O–H groups in total. The van der Waals surface area contributed by atoms with Crippen LogP contribution in [0.15, 0.2) is 0 Å². The molecule has 3 rings (SSSR count). The van der Waals surface area contributed by atoms with E-state index in [4.69, 9.17) is 0 Å². The van der Waals surface area contributed by atoms with Gasteiger partial charge in [-0.25, -0.2) is 0 Å². The van der Waals surface area contributed by atoms with Crippen LogP contribution >= 0.6 is 12.6 Å². The molecular formula is C15H27NS. The molecule has 0 bridgehead atoms. The highest BCUT2D eigenvalue weighted by Gasteiger charge is 2.41. The molecule has 0 aromatic rings. The summed E-state index contributed by atoms with van der Waals surface area (Å²) in [5, 5.41) is 0. The molecular weight excluding hydrogens is 226 g/mol. The first-order valence-corrected chi connectivity index (χ1v) is 8.23. The third-order valence-electron chi connectivity index (χ3n) is 5.89. The summed E-state index contributed by atoms with van der Waals surface area (Å²) in [4.78, 5) is 2.75. The minimum Gasteiger partial charge on any atom is -0.303 e. The fraction of sp³-hybridized carbons (Fsp3) is 1.00. The number of piperidine rings is 1. The standard InChI is InChI=1S/C15H27NS/c17-13-15(6-3-7-15)12-16-10-8-14(9-11-16)4-1-2-5-14/h17H,1-13H2. The van der Waals surface area contributed by atoms with Gasteiger partial charge in [0.1, 0.15) is 0 Å². The van der Waals surface area contributed by atoms with Crippen LogP contribution in [0.4, 0.5) is 0 Å². The van der Waals surface area contributed by atoms with Crippen LogP contribution in [0.1, 0.15) is 57.8 Å². The maximum absolute atomic E-state index is 4.59. The zero-order valence-electron chi connectivity index (χ0n) is 11.1. The molecule has 98 valence electrons. The summed E-state index contributed by atoms with van der Waals surface area (Å²) in [5.74, 6) is 1.11. The highest BCUT2D eigenvalue weighted by atomic mass is 32.1. The fourth-order valence-corrected chi connectivity index (χ4v) is 4.74. The van der Waals surface area contributed by atoms with Crippen LogP contribution in [-0.2, 0) is 0 Å². The van der Waals surface area contributed by atoms with E-state index >= 15 is 0 Å². The Hall–Kier alpha value is 0.310. The predicted molar refractivity (Wildman–Crippen MR) is 76.7 cm³/mol. The van der Waals surface area contributed by atoms with E-state index in [1.807, 2.05) is 0 Å². The van der Waals surface area contributed by atoms with Crippen molar-refractivity contribution >= 4 is 12.6 Å². The van der Waals surface area contributed by atoms with Crippen LogP contribution in [0.3, 0.4) is 0 Å². The van der Waals surface area contributed by atoms with Gasteiger partial charge < -0.3 is 4.90 Å². The quantitative estimate of drug-likeness (QED) is 0.750. The van der Waals surface area contributed by atoms with E-state index in [0.717, 1.165) is 11.2 Å². The summed E-state index contributed by atoms with van der Waals surface area (Å²) in [6.45, 7) is 4.08. The van der Waals surface area contributed by atoms with Gasteiger partial charge in [-0.1, -0.05) is 19.3 Å². The molecule has 0 aromatic heterocycles. The Morgan fingerprint density at radius 3 is 1.94 bits per heavy atom. The van der Waals surface area contributed by atoms with Gasteiger partial charge >= 0.3 is 0 Å². The smallest absolute Gasteiger partial charge is 0.00458 e. The number of likely N-dealkylation sites (tertiary alicyclic amines) is 1. The van der Waals surface area contributed by atoms with Crippen molar-refractivity contribution in [1.29, 1.82) is 0 Å². The van der Waals surface area contributed by atoms with E-state index in [2.05, 4.69) is 17.5 Å². The van der Waals surface area contributed by atoms with E-state index in [0.29, 0.717) is 5.41 Å². The van der Waals surface area contributed by atoms with Crippen LogP contribution in [0, 0.1) is 10.8 Å². The summed E-state index contributed by atoms with van der Waals surface area (Å²) in [7, 11) is 0. The predicted octanol–water partition coefficient (Wildman–Crippen LogP) is 3.74. The van der Waals surface area contributed by atoms with Gasteiger partial charge in [-0.05, 0) is 68.2 Å². The molecule has 3 aliphatic rings. The van der Waals surface area contributed by atoms with Crippen molar-refractivity contribution < 1.29 is 0 Å². The number of hydrogen-bond acceptors (Lipinski definition) is 2. The van der Waals surface area contributed by atoms with Crippen molar-refractivity contribution in [3.63, 3.8) is 0 Å². The Labute approximate surface area is 112 Å². The zero-order chi connectivity index (χ0) is 11.8. The molecule has 1 saturated heterocycles. The van der Waals surface area contributed by atoms with Crippen molar-refractivity contribution in [3.05, 3.63) is 0 Å². The largest absolute Gasteiger partial charge is 0.303 e. The van der Waals surface area contributed by atoms with Gasteiger partial charge in [-0.2, -0.15) is 12.6 Å². The number of thiol groups is 1. The fourth-order valence-electron chi connectivity index (χ4n) is 4.33. The van der Waals surface area contributed by atoms with Gasteiger partial charge in [0.05, 0.1) is 0 Å². The Bertz CT molecular complexity index is 251. The molecule has 2 heteroatoms. The summed E-state index contributed by atoms with van der Waals surface area (Å²) in [6.07, 6.45) is 13.3. The molecule has 2 aliphatic carbocycles. The van der Waals surface area contributed by atoms with E-state index in [9.17, 15) is 0 Å². The minimum absolute atomic E-state index is 0.600. The van der Waals surface area contributed by atoms with Crippen LogP contribution in [-0.4, -0.2) is 30.3 Å². The van der Waals surface area contributed by atoms with Crippen LogP contribution in [0.5, 0.6) is 0 Å². The van der Waals surface area contributed by atoms with E-state index < -0.39 is 0 Å². The molecule has 0 unspecified atom stereocenters. The van der Waals surface area contributed by atoms with E-state index in [-0.39, 0.29) is 0 Å². The highest BCUT2D eigenvalue weighted by Crippen LogP contribution is 2.48. The first-order chi connectivity index (χ1) is 8.26. The highest BCUT2D eigenvalue weighted by molar-refractivity contribution is 7.80. The normalized spacial score (nSPS) is 31.6. The average molecular weight is 253 g/mol. The Kier molecular flexibility index (Phi) is 3.47. The van der Waals surface area contributed by atoms with Crippen molar-refractivity contribution in [2.75, 3.05) is 25.4 Å². The Balaban J connectivity index is 1.51. The molecule has 0 radical (unpaired) electrons. The molecule has 0 amide bonds. The lowest BCUT2D eigenvalue weighted by Crippen LogP contribution is -2.48. The van der Waals surface area contributed by atoms with Gasteiger partial charge in [0.25, 0.3) is 0 Å².